The number of nitrogens with two attached hydrogens (primary N) is 1. The first kappa shape index (κ1) is 22.0. The molecule has 0 heterocycles. The molecule has 26 heavy (non-hydrogen) atoms. The first-order valence-electron chi connectivity index (χ1n) is 8.48. The molecule has 0 aliphatic heterocycles. The van der Waals surface area contributed by atoms with Gasteiger partial charge in [-0.25, -0.2) is 4.79 Å². The summed E-state index contributed by atoms with van der Waals surface area (Å²) in [6.45, 7) is 3.81. The van der Waals surface area contributed by atoms with E-state index < -0.39 is 35.9 Å². The number of nitrogens with one attached hydrogen (secondary N) is 2. The van der Waals surface area contributed by atoms with Crippen LogP contribution in [0, 0.1) is 5.92 Å². The van der Waals surface area contributed by atoms with Crippen molar-refractivity contribution in [2.24, 2.45) is 11.7 Å². The van der Waals surface area contributed by atoms with E-state index in [4.69, 9.17) is 10.8 Å². The second-order valence-electron chi connectivity index (χ2n) is 6.57. The highest BCUT2D eigenvalue weighted by Gasteiger charge is 2.28. The molecule has 0 aromatic heterocycles. The summed E-state index contributed by atoms with van der Waals surface area (Å²) in [5, 5.41) is 14.1. The maximum absolute atomic E-state index is 12.4. The van der Waals surface area contributed by atoms with E-state index in [0.717, 1.165) is 5.56 Å². The minimum Gasteiger partial charge on any atom is -0.480 e. The van der Waals surface area contributed by atoms with Crippen LogP contribution in [-0.2, 0) is 20.8 Å². The zero-order chi connectivity index (χ0) is 19.7. The Morgan fingerprint density at radius 3 is 2.15 bits per heavy atom. The third-order valence-electron chi connectivity index (χ3n) is 3.77. The zero-order valence-corrected chi connectivity index (χ0v) is 15.9. The SMILES string of the molecule is CC(C)CC(NC(=O)C(N)Cc1ccccc1)C(=O)NC(CS)C(=O)O. The Kier molecular flexibility index (Phi) is 9.15. The molecule has 5 N–H and O–H groups in total. The Bertz CT molecular complexity index is 610. The minimum absolute atomic E-state index is 0.0447. The third kappa shape index (κ3) is 7.45. The Morgan fingerprint density at radius 2 is 1.65 bits per heavy atom. The molecule has 144 valence electrons. The fourth-order valence-corrected chi connectivity index (χ4v) is 2.65. The molecule has 0 fully saturated rings. The van der Waals surface area contributed by atoms with E-state index in [1.54, 1.807) is 0 Å². The second kappa shape index (κ2) is 10.8. The molecule has 0 aliphatic rings. The minimum atomic E-state index is -1.18. The number of rotatable bonds is 10. The van der Waals surface area contributed by atoms with Crippen molar-refractivity contribution in [1.29, 1.82) is 0 Å². The number of carboxylic acid groups (broad SMARTS) is 1. The van der Waals surface area contributed by atoms with E-state index >= 15 is 0 Å². The average Bonchev–Trinajstić information content (AvgIpc) is 2.58. The molecular formula is C18H27N3O4S. The maximum atomic E-state index is 12.4. The lowest BCUT2D eigenvalue weighted by Crippen LogP contribution is -2.55. The number of benzene rings is 1. The van der Waals surface area contributed by atoms with Crippen molar-refractivity contribution in [3.05, 3.63) is 35.9 Å². The molecular weight excluding hydrogens is 354 g/mol. The highest BCUT2D eigenvalue weighted by Crippen LogP contribution is 2.07. The molecule has 0 saturated heterocycles. The van der Waals surface area contributed by atoms with Crippen LogP contribution in [0.2, 0.25) is 0 Å². The van der Waals surface area contributed by atoms with E-state index in [9.17, 15) is 14.4 Å². The van der Waals surface area contributed by atoms with Gasteiger partial charge in [-0.05, 0) is 24.3 Å². The molecule has 0 bridgehead atoms. The first-order valence-corrected chi connectivity index (χ1v) is 9.11. The van der Waals surface area contributed by atoms with Crippen molar-refractivity contribution in [3.8, 4) is 0 Å². The molecule has 1 aromatic rings. The van der Waals surface area contributed by atoms with Gasteiger partial charge >= 0.3 is 5.97 Å². The van der Waals surface area contributed by atoms with E-state index in [1.807, 2.05) is 44.2 Å². The summed E-state index contributed by atoms with van der Waals surface area (Å²) in [5.74, 6) is -2.11. The van der Waals surface area contributed by atoms with Crippen LogP contribution in [0.5, 0.6) is 0 Å². The van der Waals surface area contributed by atoms with Crippen LogP contribution < -0.4 is 16.4 Å². The Hall–Kier alpha value is -2.06. The Morgan fingerprint density at radius 1 is 1.08 bits per heavy atom. The molecule has 1 rings (SSSR count). The molecule has 0 aliphatic carbocycles. The van der Waals surface area contributed by atoms with E-state index in [1.165, 1.54) is 0 Å². The fourth-order valence-electron chi connectivity index (χ4n) is 2.40. The van der Waals surface area contributed by atoms with Gasteiger partial charge in [-0.15, -0.1) is 0 Å². The molecule has 1 aromatic carbocycles. The van der Waals surface area contributed by atoms with Crippen molar-refractivity contribution in [2.45, 2.75) is 44.8 Å². The highest BCUT2D eigenvalue weighted by atomic mass is 32.1. The van der Waals surface area contributed by atoms with Gasteiger partial charge < -0.3 is 21.5 Å². The molecule has 7 nitrogen and oxygen atoms in total. The number of aliphatic carboxylic acids is 1. The van der Waals surface area contributed by atoms with Gasteiger partial charge in [0.1, 0.15) is 12.1 Å². The lowest BCUT2D eigenvalue weighted by molar-refractivity contribution is -0.141. The van der Waals surface area contributed by atoms with Crippen LogP contribution >= 0.6 is 12.6 Å². The number of hydrogen-bond acceptors (Lipinski definition) is 5. The van der Waals surface area contributed by atoms with Gasteiger partial charge in [0.2, 0.25) is 11.8 Å². The van der Waals surface area contributed by atoms with Crippen LogP contribution in [0.15, 0.2) is 30.3 Å². The van der Waals surface area contributed by atoms with Gasteiger partial charge in [0, 0.05) is 5.75 Å². The summed E-state index contributed by atoms with van der Waals surface area (Å²) in [6, 6.07) is 6.56. The summed E-state index contributed by atoms with van der Waals surface area (Å²) in [5.41, 5.74) is 6.87. The van der Waals surface area contributed by atoms with Crippen LogP contribution in [0.1, 0.15) is 25.8 Å². The molecule has 3 unspecified atom stereocenters. The summed E-state index contributed by atoms with van der Waals surface area (Å²) in [4.78, 5) is 35.9. The van der Waals surface area contributed by atoms with Crippen LogP contribution in [0.25, 0.3) is 0 Å². The van der Waals surface area contributed by atoms with E-state index in [-0.39, 0.29) is 11.7 Å². The largest absolute Gasteiger partial charge is 0.480 e. The smallest absolute Gasteiger partial charge is 0.327 e. The summed E-state index contributed by atoms with van der Waals surface area (Å²) in [6.07, 6.45) is 0.714. The predicted octanol–water partition coefficient (Wildman–Crippen LogP) is 0.587. The number of hydrogen-bond donors (Lipinski definition) is 5. The van der Waals surface area contributed by atoms with Gasteiger partial charge in [0.15, 0.2) is 0 Å². The quantitative estimate of drug-likeness (QED) is 0.380. The third-order valence-corrected chi connectivity index (χ3v) is 4.14. The lowest BCUT2D eigenvalue weighted by atomic mass is 10.0. The predicted molar refractivity (Wildman–Crippen MR) is 103 cm³/mol. The number of amides is 2. The second-order valence-corrected chi connectivity index (χ2v) is 6.93. The molecule has 2 amide bonds. The van der Waals surface area contributed by atoms with Crippen molar-refractivity contribution >= 4 is 30.4 Å². The van der Waals surface area contributed by atoms with Crippen LogP contribution in [-0.4, -0.2) is 46.8 Å². The maximum Gasteiger partial charge on any atom is 0.327 e. The standard InChI is InChI=1S/C18H27N3O4S/c1-11(2)8-14(17(23)21-15(10-26)18(24)25)20-16(22)13(19)9-12-6-4-3-5-7-12/h3-7,11,13-15,26H,8-10,19H2,1-2H3,(H,20,22)(H,21,23)(H,24,25). The highest BCUT2D eigenvalue weighted by molar-refractivity contribution is 7.80. The Labute approximate surface area is 159 Å². The van der Waals surface area contributed by atoms with Gasteiger partial charge in [-0.2, -0.15) is 12.6 Å². The van der Waals surface area contributed by atoms with Crippen molar-refractivity contribution < 1.29 is 19.5 Å². The number of carbonyl (C=O) groups excluding carboxylic acids is 2. The zero-order valence-electron chi connectivity index (χ0n) is 15.0. The van der Waals surface area contributed by atoms with Crippen molar-refractivity contribution in [1.82, 2.24) is 10.6 Å². The Balaban J connectivity index is 2.74. The molecule has 8 heteroatoms. The van der Waals surface area contributed by atoms with Gasteiger partial charge in [-0.3, -0.25) is 9.59 Å². The summed E-state index contributed by atoms with van der Waals surface area (Å²) >= 11 is 3.92. The van der Waals surface area contributed by atoms with Gasteiger partial charge in [0.25, 0.3) is 0 Å². The van der Waals surface area contributed by atoms with Gasteiger partial charge in [0.05, 0.1) is 6.04 Å². The number of thiol groups is 1. The number of carbonyl (C=O) groups is 3. The monoisotopic (exact) mass is 381 g/mol. The molecule has 0 spiro atoms. The first-order chi connectivity index (χ1) is 12.2. The van der Waals surface area contributed by atoms with Gasteiger partial charge in [-0.1, -0.05) is 44.2 Å². The topological polar surface area (TPSA) is 122 Å². The van der Waals surface area contributed by atoms with Crippen LogP contribution in [0.3, 0.4) is 0 Å². The average molecular weight is 381 g/mol. The summed E-state index contributed by atoms with van der Waals surface area (Å²) < 4.78 is 0. The fraction of sp³-hybridized carbons (Fsp3) is 0.500. The summed E-state index contributed by atoms with van der Waals surface area (Å²) in [7, 11) is 0. The molecule has 0 radical (unpaired) electrons. The normalized spacial score (nSPS) is 14.3. The van der Waals surface area contributed by atoms with Crippen molar-refractivity contribution in [3.63, 3.8) is 0 Å². The van der Waals surface area contributed by atoms with Crippen LogP contribution in [0.4, 0.5) is 0 Å². The van der Waals surface area contributed by atoms with E-state index in [0.29, 0.717) is 12.8 Å². The number of carboxylic acids is 1. The molecule has 3 atom stereocenters. The molecule has 0 saturated carbocycles. The van der Waals surface area contributed by atoms with E-state index in [2.05, 4.69) is 23.3 Å². The van der Waals surface area contributed by atoms with Crippen molar-refractivity contribution in [2.75, 3.05) is 5.75 Å². The lowest BCUT2D eigenvalue weighted by Gasteiger charge is -2.23.